The van der Waals surface area contributed by atoms with Gasteiger partial charge in [-0.1, -0.05) is 19.1 Å². The standard InChI is InChI=1S/C13H17ClF3NO/c1-3-12(2,9-14)18-8-10-4-6-11(7-5-10)19-13(15,16)17/h4-7,18H,3,8-9H2,1-2H3. The van der Waals surface area contributed by atoms with E-state index in [1.165, 1.54) is 12.1 Å². The van der Waals surface area contributed by atoms with Gasteiger partial charge in [-0.3, -0.25) is 0 Å². The molecule has 1 unspecified atom stereocenters. The van der Waals surface area contributed by atoms with Gasteiger partial charge in [0, 0.05) is 18.0 Å². The van der Waals surface area contributed by atoms with Crippen LogP contribution >= 0.6 is 11.6 Å². The molecular formula is C13H17ClF3NO. The Balaban J connectivity index is 2.58. The molecule has 1 aromatic rings. The van der Waals surface area contributed by atoms with Crippen LogP contribution in [0.3, 0.4) is 0 Å². The lowest BCUT2D eigenvalue weighted by Crippen LogP contribution is -2.42. The van der Waals surface area contributed by atoms with E-state index < -0.39 is 6.36 Å². The Morgan fingerprint density at radius 1 is 1.21 bits per heavy atom. The molecule has 0 saturated carbocycles. The number of hydrogen-bond donors (Lipinski definition) is 1. The van der Waals surface area contributed by atoms with Gasteiger partial charge >= 0.3 is 6.36 Å². The van der Waals surface area contributed by atoms with E-state index in [0.29, 0.717) is 12.4 Å². The van der Waals surface area contributed by atoms with Crippen molar-refractivity contribution in [1.82, 2.24) is 5.32 Å². The van der Waals surface area contributed by atoms with Gasteiger partial charge in [-0.2, -0.15) is 0 Å². The monoisotopic (exact) mass is 295 g/mol. The fourth-order valence-corrected chi connectivity index (χ4v) is 1.67. The lowest BCUT2D eigenvalue weighted by atomic mass is 10.0. The topological polar surface area (TPSA) is 21.3 Å². The molecule has 0 fully saturated rings. The minimum Gasteiger partial charge on any atom is -0.406 e. The predicted octanol–water partition coefficient (Wildman–Crippen LogP) is 4.08. The second-order valence-electron chi connectivity index (χ2n) is 4.59. The van der Waals surface area contributed by atoms with Crippen molar-refractivity contribution in [3.05, 3.63) is 29.8 Å². The summed E-state index contributed by atoms with van der Waals surface area (Å²) in [5.74, 6) is 0.255. The van der Waals surface area contributed by atoms with Crippen LogP contribution in [0.5, 0.6) is 5.75 Å². The van der Waals surface area contributed by atoms with Crippen molar-refractivity contribution in [1.29, 1.82) is 0 Å². The van der Waals surface area contributed by atoms with Gasteiger partial charge in [-0.05, 0) is 31.0 Å². The molecule has 108 valence electrons. The number of halogens is 4. The first-order valence-electron chi connectivity index (χ1n) is 5.94. The van der Waals surface area contributed by atoms with E-state index in [0.717, 1.165) is 12.0 Å². The van der Waals surface area contributed by atoms with Crippen LogP contribution in [0.1, 0.15) is 25.8 Å². The van der Waals surface area contributed by atoms with Crippen molar-refractivity contribution in [2.45, 2.75) is 38.7 Å². The minimum absolute atomic E-state index is 0.178. The molecule has 1 aromatic carbocycles. The van der Waals surface area contributed by atoms with Gasteiger partial charge in [0.05, 0.1) is 0 Å². The van der Waals surface area contributed by atoms with E-state index in [2.05, 4.69) is 10.1 Å². The zero-order chi connectivity index (χ0) is 14.5. The van der Waals surface area contributed by atoms with E-state index in [1.54, 1.807) is 12.1 Å². The third kappa shape index (κ3) is 5.70. The summed E-state index contributed by atoms with van der Waals surface area (Å²) < 4.78 is 39.8. The molecule has 1 rings (SSSR count). The van der Waals surface area contributed by atoms with Crippen LogP contribution in [-0.4, -0.2) is 17.8 Å². The van der Waals surface area contributed by atoms with Crippen LogP contribution in [0, 0.1) is 0 Å². The molecule has 1 atom stereocenters. The molecule has 0 amide bonds. The number of ether oxygens (including phenoxy) is 1. The number of hydrogen-bond acceptors (Lipinski definition) is 2. The summed E-state index contributed by atoms with van der Waals surface area (Å²) in [4.78, 5) is 0. The maximum Gasteiger partial charge on any atom is 0.573 e. The average Bonchev–Trinajstić information content (AvgIpc) is 2.36. The van der Waals surface area contributed by atoms with E-state index in [1.807, 2.05) is 13.8 Å². The molecule has 0 radical (unpaired) electrons. The van der Waals surface area contributed by atoms with E-state index in [4.69, 9.17) is 11.6 Å². The van der Waals surface area contributed by atoms with Gasteiger partial charge in [0.1, 0.15) is 5.75 Å². The summed E-state index contributed by atoms with van der Waals surface area (Å²) in [5.41, 5.74) is 0.696. The van der Waals surface area contributed by atoms with Crippen LogP contribution in [0.15, 0.2) is 24.3 Å². The Bertz CT molecular complexity index is 388. The summed E-state index contributed by atoms with van der Waals surface area (Å²) in [6, 6.07) is 5.79. The van der Waals surface area contributed by atoms with Gasteiger partial charge < -0.3 is 10.1 Å². The SMILES string of the molecule is CCC(C)(CCl)NCc1ccc(OC(F)(F)F)cc1. The number of benzene rings is 1. The van der Waals surface area contributed by atoms with Gasteiger partial charge in [-0.25, -0.2) is 0 Å². The van der Waals surface area contributed by atoms with Crippen LogP contribution in [-0.2, 0) is 6.54 Å². The van der Waals surface area contributed by atoms with Crippen molar-refractivity contribution in [2.75, 3.05) is 5.88 Å². The van der Waals surface area contributed by atoms with Gasteiger partial charge in [-0.15, -0.1) is 24.8 Å². The number of alkyl halides is 4. The molecule has 0 aliphatic rings. The zero-order valence-corrected chi connectivity index (χ0v) is 11.6. The zero-order valence-electron chi connectivity index (χ0n) is 10.9. The van der Waals surface area contributed by atoms with E-state index >= 15 is 0 Å². The normalized spacial score (nSPS) is 15.1. The van der Waals surface area contributed by atoms with Crippen molar-refractivity contribution < 1.29 is 17.9 Å². The molecule has 0 aliphatic carbocycles. The Morgan fingerprint density at radius 3 is 2.21 bits per heavy atom. The molecule has 0 saturated heterocycles. The Labute approximate surface area is 115 Å². The lowest BCUT2D eigenvalue weighted by Gasteiger charge is -2.27. The van der Waals surface area contributed by atoms with Crippen LogP contribution in [0.4, 0.5) is 13.2 Å². The molecule has 6 heteroatoms. The quantitative estimate of drug-likeness (QED) is 0.798. The highest BCUT2D eigenvalue weighted by Gasteiger charge is 2.30. The van der Waals surface area contributed by atoms with Crippen molar-refractivity contribution in [2.24, 2.45) is 0 Å². The van der Waals surface area contributed by atoms with Gasteiger partial charge in [0.25, 0.3) is 0 Å². The summed E-state index contributed by atoms with van der Waals surface area (Å²) >= 11 is 5.87. The fraction of sp³-hybridized carbons (Fsp3) is 0.538. The van der Waals surface area contributed by atoms with E-state index in [9.17, 15) is 13.2 Å². The molecular weight excluding hydrogens is 279 g/mol. The summed E-state index contributed by atoms with van der Waals surface area (Å²) in [7, 11) is 0. The first-order chi connectivity index (χ1) is 8.78. The summed E-state index contributed by atoms with van der Waals surface area (Å²) in [6.45, 7) is 4.57. The molecule has 0 spiro atoms. The van der Waals surface area contributed by atoms with E-state index in [-0.39, 0.29) is 11.3 Å². The van der Waals surface area contributed by atoms with Gasteiger partial charge in [0.2, 0.25) is 0 Å². The molecule has 19 heavy (non-hydrogen) atoms. The number of rotatable bonds is 6. The van der Waals surface area contributed by atoms with Crippen LogP contribution in [0.25, 0.3) is 0 Å². The largest absolute Gasteiger partial charge is 0.573 e. The van der Waals surface area contributed by atoms with Crippen molar-refractivity contribution in [3.8, 4) is 5.75 Å². The smallest absolute Gasteiger partial charge is 0.406 e. The van der Waals surface area contributed by atoms with Crippen molar-refractivity contribution in [3.63, 3.8) is 0 Å². The maximum absolute atomic E-state index is 12.0. The third-order valence-corrected chi connectivity index (χ3v) is 3.54. The Morgan fingerprint density at radius 2 is 1.79 bits per heavy atom. The highest BCUT2D eigenvalue weighted by molar-refractivity contribution is 6.18. The van der Waals surface area contributed by atoms with Crippen LogP contribution < -0.4 is 10.1 Å². The Hall–Kier alpha value is -0.940. The molecule has 0 aliphatic heterocycles. The first kappa shape index (κ1) is 16.1. The summed E-state index contributed by atoms with van der Waals surface area (Å²) in [6.07, 6.45) is -3.79. The third-order valence-electron chi connectivity index (χ3n) is 2.95. The molecule has 0 aromatic heterocycles. The first-order valence-corrected chi connectivity index (χ1v) is 6.47. The maximum atomic E-state index is 12.0. The fourth-order valence-electron chi connectivity index (χ4n) is 1.39. The highest BCUT2D eigenvalue weighted by Crippen LogP contribution is 2.23. The number of nitrogens with one attached hydrogen (secondary N) is 1. The molecule has 1 N–H and O–H groups in total. The second kappa shape index (κ2) is 6.48. The summed E-state index contributed by atoms with van der Waals surface area (Å²) in [5, 5.41) is 3.28. The van der Waals surface area contributed by atoms with Crippen LogP contribution in [0.2, 0.25) is 0 Å². The Kier molecular flexibility index (Phi) is 5.50. The lowest BCUT2D eigenvalue weighted by molar-refractivity contribution is -0.274. The highest BCUT2D eigenvalue weighted by atomic mass is 35.5. The predicted molar refractivity (Wildman–Crippen MR) is 69.4 cm³/mol. The molecule has 0 heterocycles. The van der Waals surface area contributed by atoms with Crippen molar-refractivity contribution >= 4 is 11.6 Å². The minimum atomic E-state index is -4.65. The molecule has 0 bridgehead atoms. The average molecular weight is 296 g/mol. The second-order valence-corrected chi connectivity index (χ2v) is 4.86. The van der Waals surface area contributed by atoms with Gasteiger partial charge in [0.15, 0.2) is 0 Å². The molecule has 2 nitrogen and oxygen atoms in total.